The Bertz CT molecular complexity index is 1050. The topological polar surface area (TPSA) is 148 Å². The van der Waals surface area contributed by atoms with Gasteiger partial charge in [-0.05, 0) is 36.4 Å². The first-order valence-electron chi connectivity index (χ1n) is 9.09. The average Bonchev–Trinajstić information content (AvgIpc) is 2.72. The van der Waals surface area contributed by atoms with E-state index in [2.05, 4.69) is 15.4 Å². The Morgan fingerprint density at radius 2 is 1.58 bits per heavy atom. The molecule has 2 rings (SSSR count). The summed E-state index contributed by atoms with van der Waals surface area (Å²) in [7, 11) is -3.87. The average molecular weight is 447 g/mol. The highest BCUT2D eigenvalue weighted by Crippen LogP contribution is 2.13. The number of benzene rings is 2. The van der Waals surface area contributed by atoms with E-state index in [0.29, 0.717) is 5.69 Å². The number of hydrogen-bond acceptors (Lipinski definition) is 7. The molecule has 3 N–H and O–H groups in total. The molecule has 0 unspecified atom stereocenters. The summed E-state index contributed by atoms with van der Waals surface area (Å²) < 4.78 is 31.4. The fourth-order valence-electron chi connectivity index (χ4n) is 2.33. The SMILES string of the molecule is CC(=O)Nc1ccc(S(=O)(=O)NCCC(=O)OCC(=O)NC(=O)c2ccccc2)cc1. The zero-order valence-electron chi connectivity index (χ0n) is 16.6. The number of anilines is 1. The van der Waals surface area contributed by atoms with Gasteiger partial charge in [-0.25, -0.2) is 13.1 Å². The molecular weight excluding hydrogens is 426 g/mol. The highest BCUT2D eigenvalue weighted by atomic mass is 32.2. The molecule has 0 radical (unpaired) electrons. The lowest BCUT2D eigenvalue weighted by molar-refractivity contribution is -0.148. The molecule has 0 aromatic heterocycles. The van der Waals surface area contributed by atoms with Crippen LogP contribution < -0.4 is 15.4 Å². The van der Waals surface area contributed by atoms with Crippen molar-refractivity contribution >= 4 is 39.4 Å². The number of carbonyl (C=O) groups excluding carboxylic acids is 4. The molecular formula is C20H21N3O7S. The van der Waals surface area contributed by atoms with E-state index in [4.69, 9.17) is 4.74 Å². The summed E-state index contributed by atoms with van der Waals surface area (Å²) in [6, 6.07) is 13.5. The van der Waals surface area contributed by atoms with Gasteiger partial charge in [0.15, 0.2) is 6.61 Å². The molecule has 0 bridgehead atoms. The Morgan fingerprint density at radius 3 is 2.19 bits per heavy atom. The molecule has 10 nitrogen and oxygen atoms in total. The van der Waals surface area contributed by atoms with E-state index in [1.54, 1.807) is 18.2 Å². The van der Waals surface area contributed by atoms with Gasteiger partial charge in [-0.1, -0.05) is 18.2 Å². The van der Waals surface area contributed by atoms with Crippen LogP contribution in [0.3, 0.4) is 0 Å². The van der Waals surface area contributed by atoms with E-state index in [9.17, 15) is 27.6 Å². The third-order valence-electron chi connectivity index (χ3n) is 3.76. The summed E-state index contributed by atoms with van der Waals surface area (Å²) in [4.78, 5) is 46.2. The van der Waals surface area contributed by atoms with E-state index in [-0.39, 0.29) is 29.3 Å². The van der Waals surface area contributed by atoms with Gasteiger partial charge in [0, 0.05) is 24.7 Å². The Kier molecular flexibility index (Phi) is 8.41. The van der Waals surface area contributed by atoms with Crippen molar-refractivity contribution in [3.63, 3.8) is 0 Å². The molecule has 0 aliphatic rings. The molecule has 0 aliphatic carbocycles. The van der Waals surface area contributed by atoms with Crippen LogP contribution in [0.15, 0.2) is 59.5 Å². The molecule has 0 saturated heterocycles. The summed E-state index contributed by atoms with van der Waals surface area (Å²) in [6.07, 6.45) is -0.316. The molecule has 0 atom stereocenters. The van der Waals surface area contributed by atoms with Gasteiger partial charge >= 0.3 is 5.97 Å². The summed E-state index contributed by atoms with van der Waals surface area (Å²) in [5, 5.41) is 4.59. The smallest absolute Gasteiger partial charge is 0.307 e. The maximum absolute atomic E-state index is 12.2. The predicted molar refractivity (Wildman–Crippen MR) is 110 cm³/mol. The van der Waals surface area contributed by atoms with Crippen molar-refractivity contribution in [3.8, 4) is 0 Å². The number of ether oxygens (including phenoxy) is 1. The van der Waals surface area contributed by atoms with Crippen LogP contribution in [-0.2, 0) is 29.1 Å². The number of amides is 3. The molecule has 0 aliphatic heterocycles. The first-order valence-corrected chi connectivity index (χ1v) is 10.6. The van der Waals surface area contributed by atoms with Crippen molar-refractivity contribution in [2.75, 3.05) is 18.5 Å². The van der Waals surface area contributed by atoms with Crippen LogP contribution in [0.25, 0.3) is 0 Å². The normalized spacial score (nSPS) is 10.7. The van der Waals surface area contributed by atoms with Crippen LogP contribution in [0.1, 0.15) is 23.7 Å². The fraction of sp³-hybridized carbons (Fsp3) is 0.200. The second-order valence-corrected chi connectivity index (χ2v) is 8.02. The lowest BCUT2D eigenvalue weighted by Gasteiger charge is -2.08. The second-order valence-electron chi connectivity index (χ2n) is 6.26. The number of imide groups is 1. The molecule has 2 aromatic rings. The maximum Gasteiger partial charge on any atom is 0.307 e. The van der Waals surface area contributed by atoms with Crippen molar-refractivity contribution in [2.45, 2.75) is 18.2 Å². The summed E-state index contributed by atoms with van der Waals surface area (Å²) in [5.41, 5.74) is 0.723. The third-order valence-corrected chi connectivity index (χ3v) is 5.24. The zero-order chi connectivity index (χ0) is 22.9. The minimum Gasteiger partial charge on any atom is -0.456 e. The number of sulfonamides is 1. The molecule has 164 valence electrons. The van der Waals surface area contributed by atoms with E-state index in [1.807, 2.05) is 0 Å². The molecule has 31 heavy (non-hydrogen) atoms. The highest BCUT2D eigenvalue weighted by Gasteiger charge is 2.16. The first kappa shape index (κ1) is 23.7. The van der Waals surface area contributed by atoms with E-state index < -0.39 is 34.4 Å². The molecule has 0 saturated carbocycles. The molecule has 2 aromatic carbocycles. The van der Waals surface area contributed by atoms with Gasteiger partial charge in [0.1, 0.15) is 0 Å². The Labute approximate surface area is 179 Å². The van der Waals surface area contributed by atoms with Crippen molar-refractivity contribution in [1.82, 2.24) is 10.0 Å². The molecule has 11 heteroatoms. The van der Waals surface area contributed by atoms with Crippen molar-refractivity contribution in [2.24, 2.45) is 0 Å². The van der Waals surface area contributed by atoms with Crippen LogP contribution in [0, 0.1) is 0 Å². The lowest BCUT2D eigenvalue weighted by Crippen LogP contribution is -2.34. The van der Waals surface area contributed by atoms with Gasteiger partial charge in [-0.15, -0.1) is 0 Å². The van der Waals surface area contributed by atoms with Gasteiger partial charge in [0.05, 0.1) is 11.3 Å². The van der Waals surface area contributed by atoms with Crippen LogP contribution in [0.4, 0.5) is 5.69 Å². The van der Waals surface area contributed by atoms with E-state index in [0.717, 1.165) is 0 Å². The fourth-order valence-corrected chi connectivity index (χ4v) is 3.37. The molecule has 3 amide bonds. The number of rotatable bonds is 9. The Hall–Kier alpha value is -3.57. The van der Waals surface area contributed by atoms with Gasteiger partial charge in [0.25, 0.3) is 11.8 Å². The highest BCUT2D eigenvalue weighted by molar-refractivity contribution is 7.89. The third kappa shape index (κ3) is 7.99. The van der Waals surface area contributed by atoms with E-state index in [1.165, 1.54) is 43.3 Å². The molecule has 0 spiro atoms. The number of hydrogen-bond donors (Lipinski definition) is 3. The maximum atomic E-state index is 12.2. The van der Waals surface area contributed by atoms with Crippen molar-refractivity contribution in [1.29, 1.82) is 0 Å². The summed E-state index contributed by atoms with van der Waals surface area (Å²) in [5.74, 6) is -2.53. The summed E-state index contributed by atoms with van der Waals surface area (Å²) >= 11 is 0. The lowest BCUT2D eigenvalue weighted by atomic mass is 10.2. The Morgan fingerprint density at radius 1 is 0.935 bits per heavy atom. The minimum absolute atomic E-state index is 0.0474. The monoisotopic (exact) mass is 447 g/mol. The molecule has 0 fully saturated rings. The van der Waals surface area contributed by atoms with Gasteiger partial charge in [-0.3, -0.25) is 24.5 Å². The van der Waals surface area contributed by atoms with Crippen molar-refractivity contribution in [3.05, 3.63) is 60.2 Å². The van der Waals surface area contributed by atoms with Crippen LogP contribution in [0.5, 0.6) is 0 Å². The van der Waals surface area contributed by atoms with E-state index >= 15 is 0 Å². The van der Waals surface area contributed by atoms with Gasteiger partial charge < -0.3 is 10.1 Å². The van der Waals surface area contributed by atoms with Gasteiger partial charge in [-0.2, -0.15) is 0 Å². The largest absolute Gasteiger partial charge is 0.456 e. The Balaban J connectivity index is 1.73. The van der Waals surface area contributed by atoms with Crippen LogP contribution in [-0.4, -0.2) is 45.3 Å². The van der Waals surface area contributed by atoms with Crippen LogP contribution in [0.2, 0.25) is 0 Å². The first-order chi connectivity index (χ1) is 14.7. The zero-order valence-corrected chi connectivity index (χ0v) is 17.4. The number of nitrogens with one attached hydrogen (secondary N) is 3. The number of carbonyl (C=O) groups is 4. The second kappa shape index (κ2) is 11.0. The molecule has 0 heterocycles. The summed E-state index contributed by atoms with van der Waals surface area (Å²) in [6.45, 7) is 0.407. The number of esters is 1. The van der Waals surface area contributed by atoms with Gasteiger partial charge in [0.2, 0.25) is 15.9 Å². The van der Waals surface area contributed by atoms with Crippen molar-refractivity contribution < 1.29 is 32.3 Å². The van der Waals surface area contributed by atoms with Crippen LogP contribution >= 0.6 is 0 Å². The quantitative estimate of drug-likeness (QED) is 0.482. The standard InChI is InChI=1S/C20H21N3O7S/c1-14(24)22-16-7-9-17(10-8-16)31(28,29)21-12-11-19(26)30-13-18(25)23-20(27)15-5-3-2-4-6-15/h2-10,21H,11-13H2,1H3,(H,22,24)(H,23,25,27). The predicted octanol–water partition coefficient (Wildman–Crippen LogP) is 0.813. The minimum atomic E-state index is -3.87.